The molecule has 1 aromatic heterocycles. The molecule has 0 amide bonds. The van der Waals surface area contributed by atoms with Crippen LogP contribution in [0.2, 0.25) is 0 Å². The van der Waals surface area contributed by atoms with E-state index in [1.165, 1.54) is 50.8 Å². The normalized spacial score (nSPS) is 21.2. The topological polar surface area (TPSA) is 30.7 Å². The zero-order valence-corrected chi connectivity index (χ0v) is 11.8. The Morgan fingerprint density at radius 1 is 1.06 bits per heavy atom. The lowest BCUT2D eigenvalue weighted by molar-refractivity contribution is 0.487. The molecule has 0 saturated heterocycles. The average Bonchev–Trinajstić information content (AvgIpc) is 2.92. The molecule has 0 spiro atoms. The van der Waals surface area contributed by atoms with E-state index in [9.17, 15) is 0 Å². The molecule has 0 unspecified atom stereocenters. The van der Waals surface area contributed by atoms with Crippen molar-refractivity contribution in [2.45, 2.75) is 62.7 Å². The highest BCUT2D eigenvalue weighted by atomic mass is 79.9. The van der Waals surface area contributed by atoms with Crippen molar-refractivity contribution in [3.63, 3.8) is 0 Å². The summed E-state index contributed by atoms with van der Waals surface area (Å²) < 4.78 is 2.39. The number of halogens is 1. The van der Waals surface area contributed by atoms with E-state index < -0.39 is 0 Å². The first-order valence-electron chi connectivity index (χ1n) is 6.87. The third-order valence-electron chi connectivity index (χ3n) is 4.12. The van der Waals surface area contributed by atoms with Crippen LogP contribution in [0.25, 0.3) is 0 Å². The summed E-state index contributed by atoms with van der Waals surface area (Å²) in [5.74, 6) is 3.30. The van der Waals surface area contributed by atoms with Gasteiger partial charge in [0.2, 0.25) is 0 Å². The van der Waals surface area contributed by atoms with E-state index >= 15 is 0 Å². The summed E-state index contributed by atoms with van der Waals surface area (Å²) in [6, 6.07) is 0.705. The lowest BCUT2D eigenvalue weighted by Gasteiger charge is -2.10. The molecule has 17 heavy (non-hydrogen) atoms. The molecule has 0 bridgehead atoms. The van der Waals surface area contributed by atoms with E-state index in [2.05, 4.69) is 30.7 Å². The molecule has 2 aliphatic carbocycles. The second kappa shape index (κ2) is 5.09. The summed E-state index contributed by atoms with van der Waals surface area (Å²) in [7, 11) is 0. The molecular weight excluding hydrogens is 278 g/mol. The van der Waals surface area contributed by atoms with Gasteiger partial charge >= 0.3 is 0 Å². The lowest BCUT2D eigenvalue weighted by atomic mass is 10.0. The van der Waals surface area contributed by atoms with Crippen LogP contribution in [0.15, 0.2) is 0 Å². The van der Waals surface area contributed by atoms with Crippen LogP contribution in [0.5, 0.6) is 0 Å². The smallest absolute Gasteiger partial charge is 0.143 e. The molecule has 2 saturated carbocycles. The van der Waals surface area contributed by atoms with Crippen molar-refractivity contribution >= 4 is 15.9 Å². The molecule has 2 aliphatic rings. The molecule has 94 valence electrons. The van der Waals surface area contributed by atoms with Crippen LogP contribution in [0.4, 0.5) is 0 Å². The molecule has 4 heteroatoms. The summed E-state index contributed by atoms with van der Waals surface area (Å²) in [6.45, 7) is 0. The van der Waals surface area contributed by atoms with E-state index in [0.717, 1.165) is 23.5 Å². The largest absolute Gasteiger partial charge is 0.311 e. The fraction of sp³-hybridized carbons (Fsp3) is 0.846. The Hall–Kier alpha value is -0.380. The van der Waals surface area contributed by atoms with Gasteiger partial charge in [0.1, 0.15) is 11.6 Å². The third-order valence-corrected chi connectivity index (χ3v) is 4.62. The van der Waals surface area contributed by atoms with Crippen molar-refractivity contribution in [3.8, 4) is 0 Å². The van der Waals surface area contributed by atoms with Gasteiger partial charge in [-0.1, -0.05) is 41.6 Å². The van der Waals surface area contributed by atoms with Crippen molar-refractivity contribution in [2.24, 2.45) is 5.92 Å². The molecule has 3 rings (SSSR count). The summed E-state index contributed by atoms with van der Waals surface area (Å²) in [5.41, 5.74) is 0. The molecular formula is C13H20BrN3. The molecule has 0 N–H and O–H groups in total. The molecule has 0 aromatic carbocycles. The zero-order valence-electron chi connectivity index (χ0n) is 10.2. The molecule has 2 fully saturated rings. The van der Waals surface area contributed by atoms with E-state index in [1.54, 1.807) is 0 Å². The van der Waals surface area contributed by atoms with Crippen LogP contribution in [0, 0.1) is 5.92 Å². The molecule has 1 aromatic rings. The van der Waals surface area contributed by atoms with E-state index in [0.29, 0.717) is 6.04 Å². The fourth-order valence-electron chi connectivity index (χ4n) is 3.01. The van der Waals surface area contributed by atoms with Crippen LogP contribution < -0.4 is 0 Å². The van der Waals surface area contributed by atoms with Crippen LogP contribution in [-0.4, -0.2) is 14.8 Å². The quantitative estimate of drug-likeness (QED) is 0.777. The second-order valence-electron chi connectivity index (χ2n) is 5.46. The Morgan fingerprint density at radius 2 is 1.76 bits per heavy atom. The minimum atomic E-state index is 0.705. The predicted octanol–water partition coefficient (Wildman–Crippen LogP) is 3.63. The maximum Gasteiger partial charge on any atom is 0.143 e. The Morgan fingerprint density at radius 3 is 2.41 bits per heavy atom. The maximum atomic E-state index is 4.39. The van der Waals surface area contributed by atoms with Crippen LogP contribution in [0.1, 0.15) is 62.6 Å². The monoisotopic (exact) mass is 297 g/mol. The Labute approximate surface area is 111 Å². The number of hydrogen-bond donors (Lipinski definition) is 0. The highest BCUT2D eigenvalue weighted by Crippen LogP contribution is 2.37. The SMILES string of the molecule is BrCc1nnc(CCC2CCCC2)n1C1CC1. The van der Waals surface area contributed by atoms with Crippen molar-refractivity contribution in [2.75, 3.05) is 0 Å². The van der Waals surface area contributed by atoms with Crippen LogP contribution in [-0.2, 0) is 11.8 Å². The highest BCUT2D eigenvalue weighted by molar-refractivity contribution is 9.08. The third kappa shape index (κ3) is 2.56. The Balaban J connectivity index is 1.66. The Bertz CT molecular complexity index is 378. The van der Waals surface area contributed by atoms with Crippen molar-refractivity contribution in [1.82, 2.24) is 14.8 Å². The van der Waals surface area contributed by atoms with Gasteiger partial charge < -0.3 is 4.57 Å². The summed E-state index contributed by atoms with van der Waals surface area (Å²) in [5, 5.41) is 9.53. The minimum absolute atomic E-state index is 0.705. The van der Waals surface area contributed by atoms with Gasteiger partial charge in [-0.25, -0.2) is 0 Å². The number of alkyl halides is 1. The molecule has 1 heterocycles. The molecule has 0 radical (unpaired) electrons. The van der Waals surface area contributed by atoms with Gasteiger partial charge in [0.25, 0.3) is 0 Å². The van der Waals surface area contributed by atoms with Crippen LogP contribution in [0.3, 0.4) is 0 Å². The van der Waals surface area contributed by atoms with E-state index in [-0.39, 0.29) is 0 Å². The van der Waals surface area contributed by atoms with Gasteiger partial charge in [-0.2, -0.15) is 0 Å². The maximum absolute atomic E-state index is 4.39. The van der Waals surface area contributed by atoms with Crippen LogP contribution >= 0.6 is 15.9 Å². The predicted molar refractivity (Wildman–Crippen MR) is 71.2 cm³/mol. The van der Waals surface area contributed by atoms with Gasteiger partial charge in [0, 0.05) is 12.5 Å². The van der Waals surface area contributed by atoms with E-state index in [1.807, 2.05) is 0 Å². The number of rotatable bonds is 5. The average molecular weight is 298 g/mol. The lowest BCUT2D eigenvalue weighted by Crippen LogP contribution is -2.07. The van der Waals surface area contributed by atoms with Crippen molar-refractivity contribution < 1.29 is 0 Å². The molecule has 0 atom stereocenters. The van der Waals surface area contributed by atoms with Gasteiger partial charge in [-0.05, 0) is 25.2 Å². The zero-order chi connectivity index (χ0) is 11.7. The second-order valence-corrected chi connectivity index (χ2v) is 6.02. The van der Waals surface area contributed by atoms with Gasteiger partial charge in [-0.3, -0.25) is 0 Å². The number of aromatic nitrogens is 3. The van der Waals surface area contributed by atoms with Gasteiger partial charge in [0.15, 0.2) is 0 Å². The van der Waals surface area contributed by atoms with E-state index in [4.69, 9.17) is 0 Å². The first kappa shape index (κ1) is 11.7. The van der Waals surface area contributed by atoms with Crippen molar-refractivity contribution in [3.05, 3.63) is 11.6 Å². The number of aryl methyl sites for hydroxylation is 1. The molecule has 0 aliphatic heterocycles. The molecule has 3 nitrogen and oxygen atoms in total. The fourth-order valence-corrected chi connectivity index (χ4v) is 3.39. The Kier molecular flexibility index (Phi) is 3.50. The minimum Gasteiger partial charge on any atom is -0.311 e. The summed E-state index contributed by atoms with van der Waals surface area (Å²) >= 11 is 3.51. The van der Waals surface area contributed by atoms with Gasteiger partial charge in [-0.15, -0.1) is 10.2 Å². The first-order chi connectivity index (χ1) is 8.38. The standard InChI is InChI=1S/C13H20BrN3/c14-9-13-16-15-12(17(13)11-6-7-11)8-5-10-3-1-2-4-10/h10-11H,1-9H2. The summed E-state index contributed by atoms with van der Waals surface area (Å²) in [6.07, 6.45) is 10.8. The van der Waals surface area contributed by atoms with Crippen molar-refractivity contribution in [1.29, 1.82) is 0 Å². The van der Waals surface area contributed by atoms with Gasteiger partial charge in [0.05, 0.1) is 5.33 Å². The number of hydrogen-bond acceptors (Lipinski definition) is 2. The first-order valence-corrected chi connectivity index (χ1v) is 7.99. The highest BCUT2D eigenvalue weighted by Gasteiger charge is 2.29. The number of nitrogens with zero attached hydrogens (tertiary/aromatic N) is 3. The summed E-state index contributed by atoms with van der Waals surface area (Å²) in [4.78, 5) is 0.